The van der Waals surface area contributed by atoms with Gasteiger partial charge in [-0.25, -0.2) is 0 Å². The quantitative estimate of drug-likeness (QED) is 0.544. The third-order valence-corrected chi connectivity index (χ3v) is 2.19. The van der Waals surface area contributed by atoms with Gasteiger partial charge in [0.15, 0.2) is 0 Å². The molecule has 0 aromatic heterocycles. The van der Waals surface area contributed by atoms with Crippen LogP contribution in [-0.4, -0.2) is 24.0 Å². The SMILES string of the molecule is C.CC(C)N1CC[C@H](C)C1. The molecule has 62 valence electrons. The Labute approximate surface area is 65.4 Å². The van der Waals surface area contributed by atoms with E-state index in [1.54, 1.807) is 0 Å². The van der Waals surface area contributed by atoms with Gasteiger partial charge in [0.2, 0.25) is 0 Å². The average molecular weight is 143 g/mol. The second-order valence-corrected chi connectivity index (χ2v) is 3.48. The Bertz CT molecular complexity index is 88.7. The number of hydrogen-bond acceptors (Lipinski definition) is 1. The highest BCUT2D eigenvalue weighted by Gasteiger charge is 2.19. The third-order valence-electron chi connectivity index (χ3n) is 2.19. The summed E-state index contributed by atoms with van der Waals surface area (Å²) in [4.78, 5) is 2.55. The fraction of sp³-hybridized carbons (Fsp3) is 1.00. The summed E-state index contributed by atoms with van der Waals surface area (Å²) in [5.41, 5.74) is 0. The van der Waals surface area contributed by atoms with Gasteiger partial charge in [0, 0.05) is 12.6 Å². The van der Waals surface area contributed by atoms with Gasteiger partial charge in [-0.3, -0.25) is 0 Å². The van der Waals surface area contributed by atoms with Crippen molar-refractivity contribution in [2.75, 3.05) is 13.1 Å². The molecule has 1 atom stereocenters. The zero-order valence-electron chi connectivity index (χ0n) is 6.72. The Morgan fingerprint density at radius 3 is 2.20 bits per heavy atom. The van der Waals surface area contributed by atoms with E-state index in [1.807, 2.05) is 0 Å². The molecule has 1 nitrogen and oxygen atoms in total. The van der Waals surface area contributed by atoms with Crippen LogP contribution in [0.5, 0.6) is 0 Å². The summed E-state index contributed by atoms with van der Waals surface area (Å²) in [6.07, 6.45) is 1.40. The summed E-state index contributed by atoms with van der Waals surface area (Å²) < 4.78 is 0. The van der Waals surface area contributed by atoms with E-state index in [4.69, 9.17) is 0 Å². The lowest BCUT2D eigenvalue weighted by molar-refractivity contribution is 0.267. The number of rotatable bonds is 1. The molecule has 1 aliphatic rings. The van der Waals surface area contributed by atoms with E-state index in [9.17, 15) is 0 Å². The van der Waals surface area contributed by atoms with Crippen molar-refractivity contribution in [2.45, 2.75) is 40.7 Å². The topological polar surface area (TPSA) is 3.24 Å². The van der Waals surface area contributed by atoms with Crippen LogP contribution in [0.25, 0.3) is 0 Å². The van der Waals surface area contributed by atoms with Crippen molar-refractivity contribution in [1.29, 1.82) is 0 Å². The summed E-state index contributed by atoms with van der Waals surface area (Å²) >= 11 is 0. The van der Waals surface area contributed by atoms with Gasteiger partial charge in [0.05, 0.1) is 0 Å². The van der Waals surface area contributed by atoms with Crippen LogP contribution >= 0.6 is 0 Å². The standard InChI is InChI=1S/C8H17N.CH4/c1-7(2)9-5-4-8(3)6-9;/h7-8H,4-6H2,1-3H3;1H4/t8-;/m0./s1. The summed E-state index contributed by atoms with van der Waals surface area (Å²) in [5, 5.41) is 0. The molecular formula is C9H21N. The van der Waals surface area contributed by atoms with E-state index in [-0.39, 0.29) is 7.43 Å². The van der Waals surface area contributed by atoms with Crippen LogP contribution in [0.1, 0.15) is 34.6 Å². The predicted molar refractivity (Wildman–Crippen MR) is 47.2 cm³/mol. The minimum absolute atomic E-state index is 0. The van der Waals surface area contributed by atoms with E-state index < -0.39 is 0 Å². The van der Waals surface area contributed by atoms with Crippen LogP contribution in [0.15, 0.2) is 0 Å². The van der Waals surface area contributed by atoms with Crippen molar-refractivity contribution < 1.29 is 0 Å². The van der Waals surface area contributed by atoms with E-state index in [0.717, 1.165) is 12.0 Å². The van der Waals surface area contributed by atoms with Crippen LogP contribution in [-0.2, 0) is 0 Å². The molecule has 0 aromatic carbocycles. The third kappa shape index (κ3) is 2.30. The molecule has 0 N–H and O–H groups in total. The van der Waals surface area contributed by atoms with Gasteiger partial charge in [-0.1, -0.05) is 14.4 Å². The van der Waals surface area contributed by atoms with E-state index in [2.05, 4.69) is 25.7 Å². The molecule has 1 heteroatoms. The first-order valence-electron chi connectivity index (χ1n) is 3.94. The van der Waals surface area contributed by atoms with Crippen molar-refractivity contribution in [3.63, 3.8) is 0 Å². The Morgan fingerprint density at radius 2 is 2.00 bits per heavy atom. The first-order valence-corrected chi connectivity index (χ1v) is 3.94. The van der Waals surface area contributed by atoms with Gasteiger partial charge in [-0.2, -0.15) is 0 Å². The van der Waals surface area contributed by atoms with Gasteiger partial charge in [0.25, 0.3) is 0 Å². The highest BCUT2D eigenvalue weighted by molar-refractivity contribution is 4.74. The second-order valence-electron chi connectivity index (χ2n) is 3.48. The Kier molecular flexibility index (Phi) is 3.95. The summed E-state index contributed by atoms with van der Waals surface area (Å²) in [6, 6.07) is 0.759. The predicted octanol–water partition coefficient (Wildman–Crippen LogP) is 2.37. The lowest BCUT2D eigenvalue weighted by Crippen LogP contribution is -2.27. The van der Waals surface area contributed by atoms with Crippen LogP contribution in [0.3, 0.4) is 0 Å². The molecule has 1 aliphatic heterocycles. The van der Waals surface area contributed by atoms with Crippen molar-refractivity contribution in [2.24, 2.45) is 5.92 Å². The second kappa shape index (κ2) is 3.97. The van der Waals surface area contributed by atoms with Gasteiger partial charge in [0.1, 0.15) is 0 Å². The van der Waals surface area contributed by atoms with Gasteiger partial charge in [-0.15, -0.1) is 0 Å². The molecule has 0 aliphatic carbocycles. The number of hydrogen-bond donors (Lipinski definition) is 0. The lowest BCUT2D eigenvalue weighted by atomic mass is 10.2. The first-order chi connectivity index (χ1) is 4.20. The smallest absolute Gasteiger partial charge is 0.00387 e. The molecule has 0 aromatic rings. The molecule has 0 spiro atoms. The average Bonchev–Trinajstić information content (AvgIpc) is 2.14. The number of nitrogens with zero attached hydrogens (tertiary/aromatic N) is 1. The first kappa shape index (κ1) is 9.96. The summed E-state index contributed by atoms with van der Waals surface area (Å²) in [7, 11) is 0. The Morgan fingerprint density at radius 1 is 1.40 bits per heavy atom. The largest absolute Gasteiger partial charge is 0.301 e. The molecule has 0 saturated carbocycles. The van der Waals surface area contributed by atoms with Crippen LogP contribution in [0.2, 0.25) is 0 Å². The zero-order chi connectivity index (χ0) is 6.85. The van der Waals surface area contributed by atoms with Crippen LogP contribution in [0.4, 0.5) is 0 Å². The minimum Gasteiger partial charge on any atom is -0.301 e. The molecule has 0 radical (unpaired) electrons. The fourth-order valence-electron chi connectivity index (χ4n) is 1.44. The molecular weight excluding hydrogens is 122 g/mol. The molecule has 10 heavy (non-hydrogen) atoms. The maximum absolute atomic E-state index is 2.55. The molecule has 0 unspecified atom stereocenters. The molecule has 1 heterocycles. The summed E-state index contributed by atoms with van der Waals surface area (Å²) in [5.74, 6) is 0.937. The van der Waals surface area contributed by atoms with Crippen molar-refractivity contribution in [3.05, 3.63) is 0 Å². The zero-order valence-corrected chi connectivity index (χ0v) is 6.72. The highest BCUT2D eigenvalue weighted by Crippen LogP contribution is 2.16. The van der Waals surface area contributed by atoms with E-state index in [1.165, 1.54) is 19.5 Å². The fourth-order valence-corrected chi connectivity index (χ4v) is 1.44. The summed E-state index contributed by atoms with van der Waals surface area (Å²) in [6.45, 7) is 9.52. The molecule has 1 fully saturated rings. The van der Waals surface area contributed by atoms with Crippen LogP contribution < -0.4 is 0 Å². The van der Waals surface area contributed by atoms with Crippen molar-refractivity contribution >= 4 is 0 Å². The maximum Gasteiger partial charge on any atom is 0.00387 e. The highest BCUT2D eigenvalue weighted by atomic mass is 15.2. The van der Waals surface area contributed by atoms with E-state index >= 15 is 0 Å². The molecule has 0 amide bonds. The van der Waals surface area contributed by atoms with E-state index in [0.29, 0.717) is 0 Å². The normalized spacial score (nSPS) is 27.0. The molecule has 1 rings (SSSR count). The van der Waals surface area contributed by atoms with Gasteiger partial charge in [-0.05, 0) is 32.7 Å². The Balaban J connectivity index is 0.000000810. The van der Waals surface area contributed by atoms with Crippen molar-refractivity contribution in [1.82, 2.24) is 4.90 Å². The van der Waals surface area contributed by atoms with Gasteiger partial charge >= 0.3 is 0 Å². The van der Waals surface area contributed by atoms with Gasteiger partial charge < -0.3 is 4.90 Å². The molecule has 0 bridgehead atoms. The Hall–Kier alpha value is -0.0400. The monoisotopic (exact) mass is 143 g/mol. The minimum atomic E-state index is 0. The van der Waals surface area contributed by atoms with Crippen LogP contribution in [0, 0.1) is 5.92 Å². The maximum atomic E-state index is 2.55. The molecule has 1 saturated heterocycles. The van der Waals surface area contributed by atoms with Crippen molar-refractivity contribution in [3.8, 4) is 0 Å². The lowest BCUT2D eigenvalue weighted by Gasteiger charge is -2.19. The number of likely N-dealkylation sites (tertiary alicyclic amines) is 1.